The van der Waals surface area contributed by atoms with Crippen LogP contribution in [0.3, 0.4) is 0 Å². The van der Waals surface area contributed by atoms with E-state index in [-0.39, 0.29) is 6.03 Å². The highest BCUT2D eigenvalue weighted by molar-refractivity contribution is 6.31. The average molecular weight is 427 g/mol. The number of urea groups is 1. The lowest BCUT2D eigenvalue weighted by Gasteiger charge is -2.09. The molecule has 1 aromatic heterocycles. The van der Waals surface area contributed by atoms with Gasteiger partial charge in [0.1, 0.15) is 5.82 Å². The zero-order chi connectivity index (χ0) is 21.8. The Morgan fingerprint density at radius 1 is 0.935 bits per heavy atom. The molecule has 152 valence electrons. The summed E-state index contributed by atoms with van der Waals surface area (Å²) in [7, 11) is 0. The SMILES string of the molecule is Cc1cc(NC(=O)Nc2ccc(C#Cc3cc(N)nc4ccccc34)cc2)ccc1Cl. The zero-order valence-corrected chi connectivity index (χ0v) is 17.5. The quantitative estimate of drug-likeness (QED) is 0.353. The number of halogens is 1. The third kappa shape index (κ3) is 4.95. The van der Waals surface area contributed by atoms with Gasteiger partial charge in [-0.15, -0.1) is 0 Å². The van der Waals surface area contributed by atoms with Crippen molar-refractivity contribution in [3.05, 3.63) is 94.5 Å². The zero-order valence-electron chi connectivity index (χ0n) is 16.7. The Labute approximate surface area is 185 Å². The predicted molar refractivity (Wildman–Crippen MR) is 127 cm³/mol. The molecule has 0 unspecified atom stereocenters. The van der Waals surface area contributed by atoms with Gasteiger partial charge in [-0.2, -0.15) is 0 Å². The number of para-hydroxylation sites is 1. The highest BCUT2D eigenvalue weighted by Crippen LogP contribution is 2.20. The molecule has 2 amide bonds. The Hall–Kier alpha value is -4.01. The number of carbonyl (C=O) groups is 1. The first-order chi connectivity index (χ1) is 15.0. The van der Waals surface area contributed by atoms with Crippen molar-refractivity contribution in [2.75, 3.05) is 16.4 Å². The fourth-order valence-corrected chi connectivity index (χ4v) is 3.21. The molecule has 4 aromatic rings. The van der Waals surface area contributed by atoms with Crippen LogP contribution >= 0.6 is 11.6 Å². The fourth-order valence-electron chi connectivity index (χ4n) is 3.09. The minimum Gasteiger partial charge on any atom is -0.384 e. The summed E-state index contributed by atoms with van der Waals surface area (Å²) < 4.78 is 0. The molecule has 0 saturated heterocycles. The Balaban J connectivity index is 1.46. The number of nitrogen functional groups attached to an aromatic ring is 1. The molecule has 0 saturated carbocycles. The number of hydrogen-bond acceptors (Lipinski definition) is 3. The summed E-state index contributed by atoms with van der Waals surface area (Å²) in [6.07, 6.45) is 0. The van der Waals surface area contributed by atoms with Crippen LogP contribution in [0.2, 0.25) is 5.02 Å². The molecule has 4 N–H and O–H groups in total. The third-order valence-electron chi connectivity index (χ3n) is 4.64. The van der Waals surface area contributed by atoms with Crippen LogP contribution in [-0.4, -0.2) is 11.0 Å². The van der Waals surface area contributed by atoms with E-state index in [1.807, 2.05) is 49.4 Å². The average Bonchev–Trinajstić information content (AvgIpc) is 2.75. The molecule has 31 heavy (non-hydrogen) atoms. The highest BCUT2D eigenvalue weighted by atomic mass is 35.5. The number of benzene rings is 3. The van der Waals surface area contributed by atoms with E-state index in [1.165, 1.54) is 0 Å². The summed E-state index contributed by atoms with van der Waals surface area (Å²) in [6.45, 7) is 1.88. The normalized spacial score (nSPS) is 10.3. The van der Waals surface area contributed by atoms with E-state index in [0.717, 1.165) is 27.6 Å². The van der Waals surface area contributed by atoms with Crippen LogP contribution in [-0.2, 0) is 0 Å². The second-order valence-corrected chi connectivity index (χ2v) is 7.39. The Kier molecular flexibility index (Phi) is 5.74. The molecule has 5 nitrogen and oxygen atoms in total. The first kappa shape index (κ1) is 20.3. The van der Waals surface area contributed by atoms with E-state index in [1.54, 1.807) is 30.3 Å². The van der Waals surface area contributed by atoms with Gasteiger partial charge in [0.15, 0.2) is 0 Å². The molecule has 4 rings (SSSR count). The number of nitrogens with two attached hydrogens (primary N) is 1. The molecular formula is C25H19ClN4O. The van der Waals surface area contributed by atoms with Gasteiger partial charge in [0.25, 0.3) is 0 Å². The van der Waals surface area contributed by atoms with Crippen LogP contribution in [0.5, 0.6) is 0 Å². The topological polar surface area (TPSA) is 80.0 Å². The van der Waals surface area contributed by atoms with Crippen molar-refractivity contribution < 1.29 is 4.79 Å². The summed E-state index contributed by atoms with van der Waals surface area (Å²) in [6, 6.07) is 21.8. The van der Waals surface area contributed by atoms with Crippen LogP contribution < -0.4 is 16.4 Å². The van der Waals surface area contributed by atoms with Gasteiger partial charge < -0.3 is 16.4 Å². The van der Waals surface area contributed by atoms with Gasteiger partial charge in [-0.3, -0.25) is 0 Å². The minimum atomic E-state index is -0.334. The van der Waals surface area contributed by atoms with Gasteiger partial charge in [0.2, 0.25) is 0 Å². The molecule has 6 heteroatoms. The van der Waals surface area contributed by atoms with Gasteiger partial charge in [0, 0.05) is 32.9 Å². The van der Waals surface area contributed by atoms with Crippen LogP contribution in [0.25, 0.3) is 10.9 Å². The van der Waals surface area contributed by atoms with E-state index >= 15 is 0 Å². The number of fused-ring (bicyclic) bond motifs is 1. The predicted octanol–water partition coefficient (Wildman–Crippen LogP) is 5.82. The summed E-state index contributed by atoms with van der Waals surface area (Å²) in [5.74, 6) is 6.74. The lowest BCUT2D eigenvalue weighted by molar-refractivity contribution is 0.262. The summed E-state index contributed by atoms with van der Waals surface area (Å²) in [4.78, 5) is 16.6. The maximum Gasteiger partial charge on any atom is 0.323 e. The molecule has 0 spiro atoms. The summed E-state index contributed by atoms with van der Waals surface area (Å²) in [5, 5.41) is 7.20. The Morgan fingerprint density at radius 3 is 2.42 bits per heavy atom. The number of aryl methyl sites for hydroxylation is 1. The number of anilines is 3. The molecule has 0 atom stereocenters. The van der Waals surface area contributed by atoms with Crippen molar-refractivity contribution >= 4 is 45.7 Å². The van der Waals surface area contributed by atoms with Gasteiger partial charge in [-0.25, -0.2) is 9.78 Å². The van der Waals surface area contributed by atoms with Crippen LogP contribution in [0.4, 0.5) is 22.0 Å². The molecular weight excluding hydrogens is 408 g/mol. The van der Waals surface area contributed by atoms with E-state index in [2.05, 4.69) is 27.5 Å². The van der Waals surface area contributed by atoms with Crippen LogP contribution in [0.15, 0.2) is 72.8 Å². The lowest BCUT2D eigenvalue weighted by Crippen LogP contribution is -2.19. The third-order valence-corrected chi connectivity index (χ3v) is 5.06. The number of pyridine rings is 1. The molecule has 0 aliphatic heterocycles. The second kappa shape index (κ2) is 8.78. The first-order valence-corrected chi connectivity index (χ1v) is 9.97. The van der Waals surface area contributed by atoms with Gasteiger partial charge >= 0.3 is 6.03 Å². The fraction of sp³-hybridized carbons (Fsp3) is 0.0400. The molecule has 0 radical (unpaired) electrons. The number of nitrogens with zero attached hydrogens (tertiary/aromatic N) is 1. The van der Waals surface area contributed by atoms with E-state index in [0.29, 0.717) is 22.2 Å². The second-order valence-electron chi connectivity index (χ2n) is 6.98. The Morgan fingerprint density at radius 2 is 1.65 bits per heavy atom. The number of amides is 2. The molecule has 1 heterocycles. The smallest absolute Gasteiger partial charge is 0.323 e. The van der Waals surface area contributed by atoms with Crippen molar-refractivity contribution in [1.29, 1.82) is 0 Å². The summed E-state index contributed by atoms with van der Waals surface area (Å²) in [5.41, 5.74) is 10.6. The van der Waals surface area contributed by atoms with Gasteiger partial charge in [-0.05, 0) is 67.1 Å². The lowest BCUT2D eigenvalue weighted by atomic mass is 10.1. The maximum absolute atomic E-state index is 12.2. The number of rotatable bonds is 2. The Bertz CT molecular complexity index is 1340. The van der Waals surface area contributed by atoms with Crippen molar-refractivity contribution in [3.8, 4) is 11.8 Å². The minimum absolute atomic E-state index is 0.334. The van der Waals surface area contributed by atoms with Gasteiger partial charge in [0.05, 0.1) is 5.52 Å². The monoisotopic (exact) mass is 426 g/mol. The first-order valence-electron chi connectivity index (χ1n) is 9.59. The largest absolute Gasteiger partial charge is 0.384 e. The van der Waals surface area contributed by atoms with Crippen molar-refractivity contribution in [2.24, 2.45) is 0 Å². The molecule has 0 aliphatic carbocycles. The number of aromatic nitrogens is 1. The number of hydrogen-bond donors (Lipinski definition) is 3. The standard InChI is InChI=1S/C25H19ClN4O/c1-16-14-20(12-13-22(16)26)29-25(31)28-19-10-7-17(8-11-19)6-9-18-15-24(27)30-23-5-3-2-4-21(18)23/h2-5,7-8,10-15H,1H3,(H2,27,30)(H2,28,29,31). The van der Waals surface area contributed by atoms with E-state index in [4.69, 9.17) is 17.3 Å². The molecule has 0 fully saturated rings. The number of carbonyl (C=O) groups excluding carboxylic acids is 1. The number of nitrogens with one attached hydrogen (secondary N) is 2. The van der Waals surface area contributed by atoms with E-state index in [9.17, 15) is 4.79 Å². The summed E-state index contributed by atoms with van der Waals surface area (Å²) >= 11 is 6.01. The van der Waals surface area contributed by atoms with Crippen LogP contribution in [0, 0.1) is 18.8 Å². The van der Waals surface area contributed by atoms with E-state index < -0.39 is 0 Å². The van der Waals surface area contributed by atoms with Gasteiger partial charge in [-0.1, -0.05) is 41.6 Å². The van der Waals surface area contributed by atoms with Crippen molar-refractivity contribution in [3.63, 3.8) is 0 Å². The maximum atomic E-state index is 12.2. The van der Waals surface area contributed by atoms with Crippen molar-refractivity contribution in [1.82, 2.24) is 4.98 Å². The molecule has 0 aliphatic rings. The molecule has 3 aromatic carbocycles. The molecule has 0 bridgehead atoms. The van der Waals surface area contributed by atoms with Crippen LogP contribution in [0.1, 0.15) is 16.7 Å². The highest BCUT2D eigenvalue weighted by Gasteiger charge is 2.05. The van der Waals surface area contributed by atoms with Crippen molar-refractivity contribution in [2.45, 2.75) is 6.92 Å².